The number of rotatable bonds is 4. The second-order valence-electron chi connectivity index (χ2n) is 5.69. The number of carbonyl (C=O) groups excluding carboxylic acids is 1. The van der Waals surface area contributed by atoms with Crippen LogP contribution in [0.5, 0.6) is 0 Å². The van der Waals surface area contributed by atoms with Crippen molar-refractivity contribution in [1.82, 2.24) is 9.21 Å². The van der Waals surface area contributed by atoms with E-state index >= 15 is 0 Å². The lowest BCUT2D eigenvalue weighted by Gasteiger charge is -2.22. The van der Waals surface area contributed by atoms with E-state index in [9.17, 15) is 22.0 Å². The molecule has 1 aromatic rings. The Labute approximate surface area is 133 Å². The van der Waals surface area contributed by atoms with Crippen molar-refractivity contribution >= 4 is 15.9 Å². The molecule has 2 N–H and O–H groups in total. The van der Waals surface area contributed by atoms with Gasteiger partial charge >= 0.3 is 0 Å². The molecule has 128 valence electrons. The number of hydrogen-bond acceptors (Lipinski definition) is 4. The lowest BCUT2D eigenvalue weighted by atomic mass is 10.1. The molecule has 1 aliphatic rings. The Kier molecular flexibility index (Phi) is 5.33. The van der Waals surface area contributed by atoms with Crippen LogP contribution in [-0.2, 0) is 21.4 Å². The highest BCUT2D eigenvalue weighted by Gasteiger charge is 2.30. The monoisotopic (exact) mass is 347 g/mol. The zero-order valence-electron chi connectivity index (χ0n) is 12.7. The summed E-state index contributed by atoms with van der Waals surface area (Å²) in [6.07, 6.45) is 1.06. The molecule has 1 saturated heterocycles. The predicted octanol–water partition coefficient (Wildman–Crippen LogP) is 0.144. The maximum absolute atomic E-state index is 13.8. The Morgan fingerprint density at radius 3 is 2.61 bits per heavy atom. The van der Waals surface area contributed by atoms with Gasteiger partial charge in [-0.2, -0.15) is 0 Å². The number of carbonyl (C=O) groups is 1. The van der Waals surface area contributed by atoms with Gasteiger partial charge in [0.2, 0.25) is 15.9 Å². The molecule has 9 heteroatoms. The summed E-state index contributed by atoms with van der Waals surface area (Å²) in [6.45, 7) is 0.727. The van der Waals surface area contributed by atoms with E-state index in [2.05, 4.69) is 0 Å². The van der Waals surface area contributed by atoms with Gasteiger partial charge in [-0.25, -0.2) is 21.5 Å². The van der Waals surface area contributed by atoms with Gasteiger partial charge in [0, 0.05) is 38.3 Å². The number of nitrogens with two attached hydrogens (primary N) is 1. The summed E-state index contributed by atoms with van der Waals surface area (Å²) in [7, 11) is -3.46. The van der Waals surface area contributed by atoms with Crippen molar-refractivity contribution < 1.29 is 22.0 Å². The van der Waals surface area contributed by atoms with Crippen LogP contribution in [0.15, 0.2) is 18.2 Å². The van der Waals surface area contributed by atoms with E-state index in [-0.39, 0.29) is 31.7 Å². The van der Waals surface area contributed by atoms with Gasteiger partial charge in [0.15, 0.2) is 0 Å². The van der Waals surface area contributed by atoms with Crippen molar-refractivity contribution in [3.63, 3.8) is 0 Å². The Bertz CT molecular complexity index is 697. The summed E-state index contributed by atoms with van der Waals surface area (Å²) >= 11 is 0. The van der Waals surface area contributed by atoms with E-state index in [1.54, 1.807) is 4.90 Å². The minimum Gasteiger partial charge on any atom is -0.369 e. The standard InChI is InChI=1S/C14H19F2N3O3S/c1-23(21,22)19-5-4-18(8-11(9-19)14(17)20)7-10-6-12(15)2-3-13(10)16/h2-3,6,11H,4-5,7-9H2,1H3,(H2,17,20). The van der Waals surface area contributed by atoms with Crippen molar-refractivity contribution in [2.45, 2.75) is 6.54 Å². The number of nitrogens with zero attached hydrogens (tertiary/aromatic N) is 2. The van der Waals surface area contributed by atoms with Crippen LogP contribution in [0, 0.1) is 17.6 Å². The number of sulfonamides is 1. The lowest BCUT2D eigenvalue weighted by molar-refractivity contribution is -0.122. The molecular weight excluding hydrogens is 328 g/mol. The largest absolute Gasteiger partial charge is 0.369 e. The van der Waals surface area contributed by atoms with Crippen LogP contribution in [0.3, 0.4) is 0 Å². The van der Waals surface area contributed by atoms with Gasteiger partial charge in [-0.1, -0.05) is 0 Å². The fourth-order valence-corrected chi connectivity index (χ4v) is 3.44. The van der Waals surface area contributed by atoms with Crippen LogP contribution in [-0.4, -0.2) is 56.0 Å². The minimum atomic E-state index is -3.46. The Morgan fingerprint density at radius 2 is 2.00 bits per heavy atom. The van der Waals surface area contributed by atoms with Gasteiger partial charge in [-0.3, -0.25) is 9.69 Å². The van der Waals surface area contributed by atoms with Crippen molar-refractivity contribution in [1.29, 1.82) is 0 Å². The number of amides is 1. The van der Waals surface area contributed by atoms with Crippen molar-refractivity contribution in [2.75, 3.05) is 32.4 Å². The van der Waals surface area contributed by atoms with Crippen molar-refractivity contribution in [3.05, 3.63) is 35.4 Å². The quantitative estimate of drug-likeness (QED) is 0.840. The summed E-state index contributed by atoms with van der Waals surface area (Å²) in [4.78, 5) is 13.2. The predicted molar refractivity (Wildman–Crippen MR) is 80.7 cm³/mol. The second kappa shape index (κ2) is 6.90. The first kappa shape index (κ1) is 17.8. The molecule has 2 rings (SSSR count). The summed E-state index contributed by atoms with van der Waals surface area (Å²) in [5.41, 5.74) is 5.48. The van der Waals surface area contributed by atoms with E-state index in [0.717, 1.165) is 24.5 Å². The molecule has 1 aromatic carbocycles. The average Bonchev–Trinajstić information content (AvgIpc) is 2.65. The molecule has 1 unspecified atom stereocenters. The number of benzene rings is 1. The minimum absolute atomic E-state index is 0.00367. The van der Waals surface area contributed by atoms with Crippen LogP contribution in [0.1, 0.15) is 5.56 Å². The molecule has 0 saturated carbocycles. The first-order valence-corrected chi connectivity index (χ1v) is 8.92. The van der Waals surface area contributed by atoms with Gasteiger partial charge in [-0.05, 0) is 18.2 Å². The smallest absolute Gasteiger partial charge is 0.223 e. The summed E-state index contributed by atoms with van der Waals surface area (Å²) in [6, 6.07) is 3.16. The van der Waals surface area contributed by atoms with E-state index in [1.807, 2.05) is 0 Å². The third-order valence-electron chi connectivity index (χ3n) is 3.84. The van der Waals surface area contributed by atoms with Crippen molar-refractivity contribution in [3.8, 4) is 0 Å². The van der Waals surface area contributed by atoms with E-state index in [0.29, 0.717) is 6.54 Å². The maximum atomic E-state index is 13.8. The SMILES string of the molecule is CS(=O)(=O)N1CCN(Cc2cc(F)ccc2F)CC(C(N)=O)C1. The molecule has 0 aliphatic carbocycles. The molecule has 1 aliphatic heterocycles. The topological polar surface area (TPSA) is 83.7 Å². The van der Waals surface area contributed by atoms with Gasteiger partial charge in [0.05, 0.1) is 12.2 Å². The van der Waals surface area contributed by atoms with Crippen LogP contribution in [0.4, 0.5) is 8.78 Å². The molecule has 0 aromatic heterocycles. The normalized spacial score (nSPS) is 21.1. The summed E-state index contributed by atoms with van der Waals surface area (Å²) in [5, 5.41) is 0. The fourth-order valence-electron chi connectivity index (χ4n) is 2.58. The van der Waals surface area contributed by atoms with Gasteiger partial charge in [-0.15, -0.1) is 0 Å². The first-order chi connectivity index (χ1) is 10.7. The van der Waals surface area contributed by atoms with Crippen molar-refractivity contribution in [2.24, 2.45) is 11.7 Å². The molecule has 1 heterocycles. The highest BCUT2D eigenvalue weighted by atomic mass is 32.2. The molecule has 23 heavy (non-hydrogen) atoms. The molecular formula is C14H19F2N3O3S. The van der Waals surface area contributed by atoms with Crippen LogP contribution in [0.2, 0.25) is 0 Å². The Hall–Kier alpha value is -1.58. The molecule has 0 bridgehead atoms. The maximum Gasteiger partial charge on any atom is 0.223 e. The molecule has 1 atom stereocenters. The van der Waals surface area contributed by atoms with E-state index in [4.69, 9.17) is 5.73 Å². The first-order valence-electron chi connectivity index (χ1n) is 7.07. The van der Waals surface area contributed by atoms with Gasteiger partial charge in [0.1, 0.15) is 11.6 Å². The Morgan fingerprint density at radius 1 is 1.30 bits per heavy atom. The number of primary amides is 1. The number of halogens is 2. The van der Waals surface area contributed by atoms with E-state index < -0.39 is 33.5 Å². The fraction of sp³-hybridized carbons (Fsp3) is 0.500. The molecule has 6 nitrogen and oxygen atoms in total. The second-order valence-corrected chi connectivity index (χ2v) is 7.67. The highest BCUT2D eigenvalue weighted by molar-refractivity contribution is 7.88. The van der Waals surface area contributed by atoms with E-state index in [1.165, 1.54) is 4.31 Å². The molecule has 0 radical (unpaired) electrons. The third-order valence-corrected chi connectivity index (χ3v) is 5.11. The summed E-state index contributed by atoms with van der Waals surface area (Å²) in [5.74, 6) is -2.43. The zero-order valence-corrected chi connectivity index (χ0v) is 13.5. The van der Waals surface area contributed by atoms with Gasteiger partial charge in [0.25, 0.3) is 0 Å². The zero-order chi connectivity index (χ0) is 17.2. The number of hydrogen-bond donors (Lipinski definition) is 1. The average molecular weight is 347 g/mol. The lowest BCUT2D eigenvalue weighted by Crippen LogP contribution is -2.40. The van der Waals surface area contributed by atoms with Crippen LogP contribution in [0.25, 0.3) is 0 Å². The molecule has 1 amide bonds. The molecule has 0 spiro atoms. The summed E-state index contributed by atoms with van der Waals surface area (Å²) < 4.78 is 51.6. The van der Waals surface area contributed by atoms with Crippen LogP contribution >= 0.6 is 0 Å². The highest BCUT2D eigenvalue weighted by Crippen LogP contribution is 2.17. The van der Waals surface area contributed by atoms with Crippen LogP contribution < -0.4 is 5.73 Å². The Balaban J connectivity index is 2.19. The third kappa shape index (κ3) is 4.69. The van der Waals surface area contributed by atoms with Gasteiger partial charge < -0.3 is 5.73 Å². The molecule has 1 fully saturated rings.